The summed E-state index contributed by atoms with van der Waals surface area (Å²) in [5.74, 6) is -0.158. The van der Waals surface area contributed by atoms with Crippen molar-refractivity contribution in [2.75, 3.05) is 6.61 Å². The van der Waals surface area contributed by atoms with E-state index in [1.165, 1.54) is 0 Å². The maximum atomic E-state index is 12.0. The molecule has 0 saturated heterocycles. The number of pyridine rings is 1. The minimum Gasteiger partial charge on any atom is -0.394 e. The molecular formula is C16H17ClN2O2. The average Bonchev–Trinajstić information content (AvgIpc) is 2.48. The van der Waals surface area contributed by atoms with Gasteiger partial charge in [0.15, 0.2) is 0 Å². The number of aromatic nitrogens is 1. The molecule has 2 rings (SSSR count). The quantitative estimate of drug-likeness (QED) is 0.892. The van der Waals surface area contributed by atoms with E-state index in [4.69, 9.17) is 11.6 Å². The normalized spacial score (nSPS) is 12.0. The van der Waals surface area contributed by atoms with E-state index in [1.807, 2.05) is 19.1 Å². The molecule has 1 aromatic carbocycles. The highest BCUT2D eigenvalue weighted by atomic mass is 35.5. The van der Waals surface area contributed by atoms with Gasteiger partial charge in [-0.2, -0.15) is 0 Å². The Balaban J connectivity index is 1.99. The number of aryl methyl sites for hydroxylation is 1. The lowest BCUT2D eigenvalue weighted by Gasteiger charge is -2.17. The number of aliphatic hydroxyl groups excluding tert-OH is 1. The van der Waals surface area contributed by atoms with Crippen LogP contribution in [0.3, 0.4) is 0 Å². The second-order valence-corrected chi connectivity index (χ2v) is 5.28. The number of carbonyl (C=O) groups is 1. The van der Waals surface area contributed by atoms with Gasteiger partial charge >= 0.3 is 0 Å². The molecule has 0 spiro atoms. The number of hydrogen-bond donors (Lipinski definition) is 2. The van der Waals surface area contributed by atoms with Crippen LogP contribution in [0.1, 0.15) is 22.9 Å². The van der Waals surface area contributed by atoms with E-state index in [0.717, 1.165) is 16.8 Å². The van der Waals surface area contributed by atoms with Crippen LogP contribution in [-0.2, 0) is 11.2 Å². The standard InChI is InChI=1S/C16H17ClN2O2/c1-11-2-3-12(9-18-11)8-16(21)19-15(10-20)13-4-6-14(17)7-5-13/h2-7,9,15,20H,8,10H2,1H3,(H,19,21). The first-order chi connectivity index (χ1) is 10.1. The zero-order valence-corrected chi connectivity index (χ0v) is 12.5. The van der Waals surface area contributed by atoms with Crippen LogP contribution in [0.4, 0.5) is 0 Å². The summed E-state index contributed by atoms with van der Waals surface area (Å²) in [7, 11) is 0. The molecule has 0 aliphatic carbocycles. The average molecular weight is 305 g/mol. The Hall–Kier alpha value is -1.91. The first-order valence-electron chi connectivity index (χ1n) is 6.65. The SMILES string of the molecule is Cc1ccc(CC(=O)NC(CO)c2ccc(Cl)cc2)cn1. The zero-order valence-electron chi connectivity index (χ0n) is 11.7. The van der Waals surface area contributed by atoms with Crippen molar-refractivity contribution >= 4 is 17.5 Å². The van der Waals surface area contributed by atoms with Gasteiger partial charge in [-0.25, -0.2) is 0 Å². The van der Waals surface area contributed by atoms with Gasteiger partial charge in [0, 0.05) is 16.9 Å². The third kappa shape index (κ3) is 4.55. The molecule has 0 bridgehead atoms. The minimum atomic E-state index is -0.437. The minimum absolute atomic E-state index is 0.158. The van der Waals surface area contributed by atoms with Crippen molar-refractivity contribution in [1.29, 1.82) is 0 Å². The number of rotatable bonds is 5. The smallest absolute Gasteiger partial charge is 0.225 e. The van der Waals surface area contributed by atoms with Gasteiger partial charge in [-0.05, 0) is 36.2 Å². The van der Waals surface area contributed by atoms with E-state index in [-0.39, 0.29) is 18.9 Å². The lowest BCUT2D eigenvalue weighted by atomic mass is 10.1. The first kappa shape index (κ1) is 15.5. The number of carbonyl (C=O) groups excluding carboxylic acids is 1. The van der Waals surface area contributed by atoms with Crippen LogP contribution in [0.5, 0.6) is 0 Å². The summed E-state index contributed by atoms with van der Waals surface area (Å²) in [6.45, 7) is 1.73. The molecule has 21 heavy (non-hydrogen) atoms. The molecule has 1 unspecified atom stereocenters. The number of halogens is 1. The molecule has 110 valence electrons. The second kappa shape index (κ2) is 7.20. The number of aliphatic hydroxyl groups is 1. The molecule has 1 aromatic heterocycles. The van der Waals surface area contributed by atoms with Crippen LogP contribution in [-0.4, -0.2) is 22.6 Å². The predicted molar refractivity (Wildman–Crippen MR) is 82.1 cm³/mol. The van der Waals surface area contributed by atoms with Gasteiger partial charge in [-0.1, -0.05) is 29.8 Å². The molecule has 2 aromatic rings. The Morgan fingerprint density at radius 2 is 2.00 bits per heavy atom. The van der Waals surface area contributed by atoms with Crippen molar-refractivity contribution in [2.45, 2.75) is 19.4 Å². The van der Waals surface area contributed by atoms with Gasteiger partial charge in [0.2, 0.25) is 5.91 Å². The van der Waals surface area contributed by atoms with Crippen molar-refractivity contribution in [3.05, 3.63) is 64.4 Å². The molecule has 1 amide bonds. The Labute approximate surface area is 128 Å². The number of nitrogens with zero attached hydrogens (tertiary/aromatic N) is 1. The lowest BCUT2D eigenvalue weighted by Crippen LogP contribution is -2.31. The van der Waals surface area contributed by atoms with Gasteiger partial charge in [0.1, 0.15) is 0 Å². The summed E-state index contributed by atoms with van der Waals surface area (Å²) in [4.78, 5) is 16.2. The van der Waals surface area contributed by atoms with Crippen molar-refractivity contribution in [2.24, 2.45) is 0 Å². The second-order valence-electron chi connectivity index (χ2n) is 4.84. The largest absolute Gasteiger partial charge is 0.394 e. The molecular weight excluding hydrogens is 288 g/mol. The molecule has 0 fully saturated rings. The molecule has 0 aliphatic rings. The maximum absolute atomic E-state index is 12.0. The summed E-state index contributed by atoms with van der Waals surface area (Å²) in [6, 6.07) is 10.3. The number of hydrogen-bond acceptors (Lipinski definition) is 3. The molecule has 4 nitrogen and oxygen atoms in total. The highest BCUT2D eigenvalue weighted by Gasteiger charge is 2.14. The Morgan fingerprint density at radius 1 is 1.29 bits per heavy atom. The van der Waals surface area contributed by atoms with Crippen LogP contribution < -0.4 is 5.32 Å². The predicted octanol–water partition coefficient (Wildman–Crippen LogP) is 2.44. The molecule has 0 aliphatic heterocycles. The number of nitrogens with one attached hydrogen (secondary N) is 1. The van der Waals surface area contributed by atoms with Crippen LogP contribution >= 0.6 is 11.6 Å². The fourth-order valence-electron chi connectivity index (χ4n) is 1.96. The number of benzene rings is 1. The third-order valence-corrected chi connectivity index (χ3v) is 3.38. The summed E-state index contributed by atoms with van der Waals surface area (Å²) in [5, 5.41) is 12.9. The summed E-state index contributed by atoms with van der Waals surface area (Å²) >= 11 is 5.83. The molecule has 2 N–H and O–H groups in total. The van der Waals surface area contributed by atoms with Crippen molar-refractivity contribution in [3.8, 4) is 0 Å². The van der Waals surface area contributed by atoms with Crippen LogP contribution in [0.15, 0.2) is 42.6 Å². The molecule has 0 radical (unpaired) electrons. The number of amides is 1. The molecule has 5 heteroatoms. The Bertz CT molecular complexity index is 597. The Morgan fingerprint density at radius 3 is 2.57 bits per heavy atom. The molecule has 0 saturated carbocycles. The van der Waals surface area contributed by atoms with E-state index in [9.17, 15) is 9.90 Å². The topological polar surface area (TPSA) is 62.2 Å². The summed E-state index contributed by atoms with van der Waals surface area (Å²) in [5.41, 5.74) is 2.57. The lowest BCUT2D eigenvalue weighted by molar-refractivity contribution is -0.121. The van der Waals surface area contributed by atoms with E-state index in [1.54, 1.807) is 30.5 Å². The summed E-state index contributed by atoms with van der Waals surface area (Å²) in [6.07, 6.45) is 1.92. The fourth-order valence-corrected chi connectivity index (χ4v) is 2.09. The fraction of sp³-hybridized carbons (Fsp3) is 0.250. The van der Waals surface area contributed by atoms with Crippen LogP contribution in [0, 0.1) is 6.92 Å². The zero-order chi connectivity index (χ0) is 15.2. The highest BCUT2D eigenvalue weighted by molar-refractivity contribution is 6.30. The molecule has 1 heterocycles. The van der Waals surface area contributed by atoms with E-state index < -0.39 is 6.04 Å². The van der Waals surface area contributed by atoms with Gasteiger partial charge in [0.25, 0.3) is 0 Å². The van der Waals surface area contributed by atoms with Gasteiger partial charge in [0.05, 0.1) is 19.1 Å². The third-order valence-electron chi connectivity index (χ3n) is 3.13. The summed E-state index contributed by atoms with van der Waals surface area (Å²) < 4.78 is 0. The van der Waals surface area contributed by atoms with E-state index >= 15 is 0 Å². The van der Waals surface area contributed by atoms with Crippen LogP contribution in [0.25, 0.3) is 0 Å². The first-order valence-corrected chi connectivity index (χ1v) is 7.03. The van der Waals surface area contributed by atoms with Crippen molar-refractivity contribution in [3.63, 3.8) is 0 Å². The van der Waals surface area contributed by atoms with Gasteiger partial charge in [-0.3, -0.25) is 9.78 Å². The Kier molecular flexibility index (Phi) is 5.31. The van der Waals surface area contributed by atoms with E-state index in [2.05, 4.69) is 10.3 Å². The van der Waals surface area contributed by atoms with Crippen molar-refractivity contribution in [1.82, 2.24) is 10.3 Å². The van der Waals surface area contributed by atoms with Crippen LogP contribution in [0.2, 0.25) is 5.02 Å². The van der Waals surface area contributed by atoms with Crippen molar-refractivity contribution < 1.29 is 9.90 Å². The van der Waals surface area contributed by atoms with E-state index in [0.29, 0.717) is 5.02 Å². The highest BCUT2D eigenvalue weighted by Crippen LogP contribution is 2.16. The maximum Gasteiger partial charge on any atom is 0.225 e. The molecule has 1 atom stereocenters. The van der Waals surface area contributed by atoms with Gasteiger partial charge < -0.3 is 10.4 Å². The van der Waals surface area contributed by atoms with Gasteiger partial charge in [-0.15, -0.1) is 0 Å². The monoisotopic (exact) mass is 304 g/mol.